The van der Waals surface area contributed by atoms with Crippen molar-refractivity contribution >= 4 is 94.0 Å². The molecule has 0 atom stereocenters. The standard InChI is InChI=1S/C45H32BN/c1-27-24-28(2)43(29(3)25-27)46-38-23-21-31-11-5-7-16-36(31)44(38)47(40-17-9-12-30-10-4-6-15-35(30)40)45-37-22-20-33-14-8-13-32-18-19-34(26-39(45)46)42(37)41(32)33/h4-26H,1-3H3. The van der Waals surface area contributed by atoms with Crippen molar-refractivity contribution in [3.63, 3.8) is 0 Å². The molecule has 0 aromatic heterocycles. The van der Waals surface area contributed by atoms with Gasteiger partial charge in [0.15, 0.2) is 0 Å². The van der Waals surface area contributed by atoms with E-state index < -0.39 is 0 Å². The Morgan fingerprint density at radius 1 is 0.426 bits per heavy atom. The molecule has 9 aromatic carbocycles. The van der Waals surface area contributed by atoms with Gasteiger partial charge in [-0.15, -0.1) is 0 Å². The van der Waals surface area contributed by atoms with Crippen LogP contribution in [0.3, 0.4) is 0 Å². The van der Waals surface area contributed by atoms with Gasteiger partial charge in [-0.3, -0.25) is 0 Å². The van der Waals surface area contributed by atoms with E-state index in [-0.39, 0.29) is 6.71 Å². The molecule has 0 saturated heterocycles. The summed E-state index contributed by atoms with van der Waals surface area (Å²) < 4.78 is 0. The smallest absolute Gasteiger partial charge is 0.247 e. The molecule has 0 radical (unpaired) electrons. The maximum Gasteiger partial charge on any atom is 0.247 e. The first-order chi connectivity index (χ1) is 23.1. The third-order valence-electron chi connectivity index (χ3n) is 10.7. The molecule has 0 amide bonds. The van der Waals surface area contributed by atoms with Crippen molar-refractivity contribution in [2.75, 3.05) is 4.90 Å². The van der Waals surface area contributed by atoms with E-state index in [2.05, 4.69) is 165 Å². The van der Waals surface area contributed by atoms with Crippen molar-refractivity contribution in [1.29, 1.82) is 0 Å². The van der Waals surface area contributed by atoms with Crippen molar-refractivity contribution in [2.24, 2.45) is 0 Å². The first-order valence-corrected chi connectivity index (χ1v) is 16.6. The second-order valence-electron chi connectivity index (χ2n) is 13.5. The summed E-state index contributed by atoms with van der Waals surface area (Å²) in [7, 11) is 0. The number of nitrogens with zero attached hydrogens (tertiary/aromatic N) is 1. The van der Waals surface area contributed by atoms with Gasteiger partial charge in [-0.2, -0.15) is 0 Å². The van der Waals surface area contributed by atoms with Crippen LogP contribution in [0, 0.1) is 20.8 Å². The van der Waals surface area contributed by atoms with Crippen molar-refractivity contribution in [3.05, 3.63) is 156 Å². The van der Waals surface area contributed by atoms with Crippen molar-refractivity contribution in [2.45, 2.75) is 20.8 Å². The predicted octanol–water partition coefficient (Wildman–Crippen LogP) is 10.1. The van der Waals surface area contributed by atoms with E-state index in [9.17, 15) is 0 Å². The summed E-state index contributed by atoms with van der Waals surface area (Å²) in [5, 5.41) is 12.9. The molecule has 0 bridgehead atoms. The highest BCUT2D eigenvalue weighted by Gasteiger charge is 2.39. The Morgan fingerprint density at radius 3 is 1.79 bits per heavy atom. The lowest BCUT2D eigenvalue weighted by Crippen LogP contribution is -2.58. The third-order valence-corrected chi connectivity index (χ3v) is 10.7. The van der Waals surface area contributed by atoms with Crippen LogP contribution in [-0.2, 0) is 0 Å². The lowest BCUT2D eigenvalue weighted by Gasteiger charge is -2.40. The Bertz CT molecular complexity index is 2690. The second kappa shape index (κ2) is 9.70. The number of hydrogen-bond acceptors (Lipinski definition) is 1. The predicted molar refractivity (Wildman–Crippen MR) is 205 cm³/mol. The molecule has 0 fully saturated rings. The van der Waals surface area contributed by atoms with Crippen LogP contribution in [-0.4, -0.2) is 6.71 Å². The topological polar surface area (TPSA) is 3.24 Å². The Kier molecular flexibility index (Phi) is 5.49. The summed E-state index contributed by atoms with van der Waals surface area (Å²) in [6.07, 6.45) is 0. The Balaban J connectivity index is 1.46. The molecular weight excluding hydrogens is 565 g/mol. The number of hydrogen-bond donors (Lipinski definition) is 0. The molecule has 1 nitrogen and oxygen atoms in total. The molecule has 0 spiro atoms. The van der Waals surface area contributed by atoms with Gasteiger partial charge in [0, 0.05) is 27.5 Å². The van der Waals surface area contributed by atoms with E-state index >= 15 is 0 Å². The lowest BCUT2D eigenvalue weighted by atomic mass is 9.33. The van der Waals surface area contributed by atoms with Crippen LogP contribution in [0.25, 0.3) is 53.9 Å². The van der Waals surface area contributed by atoms with Gasteiger partial charge in [-0.1, -0.05) is 156 Å². The van der Waals surface area contributed by atoms with Gasteiger partial charge in [0.25, 0.3) is 0 Å². The lowest BCUT2D eigenvalue weighted by molar-refractivity contribution is 1.33. The summed E-state index contributed by atoms with van der Waals surface area (Å²) in [5.41, 5.74) is 11.9. The normalized spacial score (nSPS) is 12.9. The molecule has 0 aliphatic carbocycles. The second-order valence-corrected chi connectivity index (χ2v) is 13.5. The molecule has 0 unspecified atom stereocenters. The quantitative estimate of drug-likeness (QED) is 0.142. The zero-order valence-corrected chi connectivity index (χ0v) is 26.8. The molecular formula is C45H32BN. The Hall–Kier alpha value is -5.60. The highest BCUT2D eigenvalue weighted by Crippen LogP contribution is 2.48. The van der Waals surface area contributed by atoms with Crippen LogP contribution >= 0.6 is 0 Å². The monoisotopic (exact) mass is 597 g/mol. The van der Waals surface area contributed by atoms with E-state index in [1.54, 1.807) is 0 Å². The van der Waals surface area contributed by atoms with Gasteiger partial charge >= 0.3 is 0 Å². The molecule has 220 valence electrons. The van der Waals surface area contributed by atoms with Crippen LogP contribution in [0.15, 0.2) is 140 Å². The largest absolute Gasteiger partial charge is 0.310 e. The third kappa shape index (κ3) is 3.67. The minimum atomic E-state index is 0.0818. The number of benzene rings is 9. The van der Waals surface area contributed by atoms with Crippen molar-refractivity contribution in [3.8, 4) is 0 Å². The van der Waals surface area contributed by atoms with Gasteiger partial charge in [-0.25, -0.2) is 0 Å². The Morgan fingerprint density at radius 2 is 1.00 bits per heavy atom. The van der Waals surface area contributed by atoms with E-state index in [4.69, 9.17) is 0 Å². The van der Waals surface area contributed by atoms with Crippen molar-refractivity contribution < 1.29 is 0 Å². The fraction of sp³-hybridized carbons (Fsp3) is 0.0667. The SMILES string of the molecule is Cc1cc(C)c(B2c3ccc4ccccc4c3N(c3cccc4ccccc34)c3c2cc2ccc4cccc5ccc3c2c45)c(C)c1. The first-order valence-electron chi connectivity index (χ1n) is 16.6. The van der Waals surface area contributed by atoms with Gasteiger partial charge in [0.05, 0.1) is 5.69 Å². The average molecular weight is 598 g/mol. The summed E-state index contributed by atoms with van der Waals surface area (Å²) in [6.45, 7) is 6.90. The summed E-state index contributed by atoms with van der Waals surface area (Å²) >= 11 is 0. The zero-order chi connectivity index (χ0) is 31.4. The highest BCUT2D eigenvalue weighted by molar-refractivity contribution is 6.99. The number of fused-ring (bicyclic) bond motifs is 6. The van der Waals surface area contributed by atoms with E-state index in [0.717, 1.165) is 0 Å². The van der Waals surface area contributed by atoms with Gasteiger partial charge in [0.2, 0.25) is 6.71 Å². The van der Waals surface area contributed by atoms with Crippen LogP contribution in [0.1, 0.15) is 16.7 Å². The molecule has 1 aliphatic heterocycles. The number of anilines is 3. The molecule has 0 saturated carbocycles. The van der Waals surface area contributed by atoms with Crippen molar-refractivity contribution in [1.82, 2.24) is 0 Å². The molecule has 2 heteroatoms. The molecule has 47 heavy (non-hydrogen) atoms. The van der Waals surface area contributed by atoms with E-state index in [1.165, 1.54) is 104 Å². The first kappa shape index (κ1) is 26.6. The fourth-order valence-electron chi connectivity index (χ4n) is 8.92. The summed E-state index contributed by atoms with van der Waals surface area (Å²) in [5.74, 6) is 0. The fourth-order valence-corrected chi connectivity index (χ4v) is 8.92. The molecule has 10 rings (SSSR count). The van der Waals surface area contributed by atoms with Crippen LogP contribution in [0.2, 0.25) is 0 Å². The molecule has 1 aliphatic rings. The average Bonchev–Trinajstić information content (AvgIpc) is 3.09. The maximum absolute atomic E-state index is 2.62. The number of rotatable bonds is 2. The van der Waals surface area contributed by atoms with Crippen LogP contribution < -0.4 is 21.3 Å². The van der Waals surface area contributed by atoms with Gasteiger partial charge < -0.3 is 4.90 Å². The minimum absolute atomic E-state index is 0.0818. The van der Waals surface area contributed by atoms with E-state index in [0.29, 0.717) is 0 Å². The number of aryl methyl sites for hydroxylation is 3. The summed E-state index contributed by atoms with van der Waals surface area (Å²) in [6, 6.07) is 52.6. The minimum Gasteiger partial charge on any atom is -0.310 e. The Labute approximate surface area is 275 Å². The molecule has 9 aromatic rings. The zero-order valence-electron chi connectivity index (χ0n) is 26.8. The van der Waals surface area contributed by atoms with Gasteiger partial charge in [-0.05, 0) is 75.5 Å². The summed E-state index contributed by atoms with van der Waals surface area (Å²) in [4.78, 5) is 2.62. The highest BCUT2D eigenvalue weighted by atomic mass is 15.2. The van der Waals surface area contributed by atoms with Crippen LogP contribution in [0.5, 0.6) is 0 Å². The van der Waals surface area contributed by atoms with Crippen LogP contribution in [0.4, 0.5) is 17.1 Å². The van der Waals surface area contributed by atoms with Gasteiger partial charge in [0.1, 0.15) is 0 Å². The molecule has 1 heterocycles. The molecule has 0 N–H and O–H groups in total. The maximum atomic E-state index is 2.62. The van der Waals surface area contributed by atoms with E-state index in [1.807, 2.05) is 0 Å².